The van der Waals surface area contributed by atoms with Crippen molar-refractivity contribution in [2.24, 2.45) is 0 Å². The van der Waals surface area contributed by atoms with Crippen LogP contribution >= 0.6 is 11.8 Å². The van der Waals surface area contributed by atoms with Gasteiger partial charge in [-0.25, -0.2) is 0 Å². The van der Waals surface area contributed by atoms with Gasteiger partial charge in [-0.1, -0.05) is 12.1 Å². The van der Waals surface area contributed by atoms with E-state index in [4.69, 9.17) is 14.2 Å². The van der Waals surface area contributed by atoms with E-state index in [2.05, 4.69) is 26.1 Å². The molecule has 3 N–H and O–H groups in total. The Hall–Kier alpha value is -4.78. The van der Waals surface area contributed by atoms with Crippen molar-refractivity contribution in [3.63, 3.8) is 0 Å². The molecule has 0 bridgehead atoms. The molecule has 3 atom stereocenters. The van der Waals surface area contributed by atoms with Gasteiger partial charge in [0.2, 0.25) is 23.0 Å². The quantitative estimate of drug-likeness (QED) is 0.201. The van der Waals surface area contributed by atoms with Crippen LogP contribution in [0.1, 0.15) is 55.7 Å². The van der Waals surface area contributed by atoms with Gasteiger partial charge < -0.3 is 30.2 Å². The van der Waals surface area contributed by atoms with Gasteiger partial charge in [-0.15, -0.1) is 10.2 Å². The van der Waals surface area contributed by atoms with Gasteiger partial charge >= 0.3 is 0 Å². The lowest BCUT2D eigenvalue weighted by atomic mass is 9.95. The second kappa shape index (κ2) is 14.8. The molecule has 0 aliphatic heterocycles. The minimum absolute atomic E-state index is 0.215. The van der Waals surface area contributed by atoms with E-state index in [-0.39, 0.29) is 29.0 Å². The van der Waals surface area contributed by atoms with Gasteiger partial charge in [-0.05, 0) is 85.2 Å². The maximum absolute atomic E-state index is 13.8. The van der Waals surface area contributed by atoms with E-state index in [1.807, 2.05) is 47.2 Å². The van der Waals surface area contributed by atoms with E-state index in [9.17, 15) is 14.4 Å². The van der Waals surface area contributed by atoms with Crippen molar-refractivity contribution in [1.29, 1.82) is 0 Å². The van der Waals surface area contributed by atoms with Gasteiger partial charge in [0.05, 0.1) is 39.1 Å². The van der Waals surface area contributed by atoms with Crippen LogP contribution in [0.4, 0.5) is 5.69 Å². The number of pyridine rings is 1. The van der Waals surface area contributed by atoms with Crippen LogP contribution in [0.15, 0.2) is 53.5 Å². The molecule has 248 valence electrons. The van der Waals surface area contributed by atoms with Crippen molar-refractivity contribution in [1.82, 2.24) is 25.2 Å². The Morgan fingerprint density at radius 1 is 1.06 bits per heavy atom. The highest BCUT2D eigenvalue weighted by Gasteiger charge is 2.30. The number of aryl methyl sites for hydroxylation is 1. The predicted octanol–water partition coefficient (Wildman–Crippen LogP) is 4.32. The Bertz CT molecular complexity index is 1850. The molecule has 12 nitrogen and oxygen atoms in total. The Kier molecular flexibility index (Phi) is 10.5. The summed E-state index contributed by atoms with van der Waals surface area (Å²) in [5, 5.41) is 17.9. The van der Waals surface area contributed by atoms with Crippen LogP contribution in [0.3, 0.4) is 0 Å². The fourth-order valence-corrected chi connectivity index (χ4v) is 6.49. The van der Waals surface area contributed by atoms with E-state index in [1.165, 1.54) is 20.1 Å². The van der Waals surface area contributed by atoms with Crippen LogP contribution in [-0.2, 0) is 16.0 Å². The molecule has 13 heteroatoms. The molecule has 0 spiro atoms. The smallest absolute Gasteiger partial charge is 0.242 e. The molecule has 0 fully saturated rings. The Balaban J connectivity index is 1.51. The maximum atomic E-state index is 13.8. The standard InChI is InChI=1S/C34H40N6O6S/c1-19(34(43)37-26(14-16-47-6)33-39-38-29-9-7-8-15-40(29)33)35-25-13-11-22-23(18-27(25)42)24(36-20(2)41)12-10-21-17-28(44-3)31(45-4)32(46-5)30(21)22/h7-9,11,13,15,17-19,24,26H,10,12,14,16H2,1-6H3,(H,35,42)(H,36,41)(H,37,43). The van der Waals surface area contributed by atoms with Gasteiger partial charge in [0.15, 0.2) is 23.0 Å². The lowest BCUT2D eigenvalue weighted by molar-refractivity contribution is -0.122. The number of thioether (sulfide) groups is 1. The maximum Gasteiger partial charge on any atom is 0.242 e. The summed E-state index contributed by atoms with van der Waals surface area (Å²) in [4.78, 5) is 39.6. The monoisotopic (exact) mass is 660 g/mol. The Labute approximate surface area is 277 Å². The average Bonchev–Trinajstić information content (AvgIpc) is 3.36. The molecule has 2 amide bonds. The molecule has 3 unspecified atom stereocenters. The van der Waals surface area contributed by atoms with Crippen LogP contribution in [0.25, 0.3) is 16.8 Å². The van der Waals surface area contributed by atoms with Gasteiger partial charge in [-0.2, -0.15) is 11.8 Å². The van der Waals surface area contributed by atoms with Crippen LogP contribution in [-0.4, -0.2) is 65.8 Å². The first-order valence-electron chi connectivity index (χ1n) is 15.3. The molecule has 1 aliphatic carbocycles. The number of benzene rings is 1. The van der Waals surface area contributed by atoms with Crippen LogP contribution < -0.4 is 35.6 Å². The highest BCUT2D eigenvalue weighted by atomic mass is 32.2. The molecule has 47 heavy (non-hydrogen) atoms. The highest BCUT2D eigenvalue weighted by Crippen LogP contribution is 2.50. The number of fused-ring (bicyclic) bond motifs is 4. The second-order valence-corrected chi connectivity index (χ2v) is 12.3. The first kappa shape index (κ1) is 33.6. The van der Waals surface area contributed by atoms with E-state index < -0.39 is 12.1 Å². The summed E-state index contributed by atoms with van der Waals surface area (Å²) in [6.07, 6.45) is 5.65. The minimum atomic E-state index is -0.766. The topological polar surface area (TPSA) is 145 Å². The number of nitrogens with zero attached hydrogens (tertiary/aromatic N) is 3. The van der Waals surface area contributed by atoms with Crippen molar-refractivity contribution in [2.45, 2.75) is 51.2 Å². The number of rotatable bonds is 12. The summed E-state index contributed by atoms with van der Waals surface area (Å²) in [5.41, 5.74) is 3.60. The largest absolute Gasteiger partial charge is 0.493 e. The van der Waals surface area contributed by atoms with Crippen LogP contribution in [0.5, 0.6) is 17.2 Å². The third kappa shape index (κ3) is 6.99. The lowest BCUT2D eigenvalue weighted by Gasteiger charge is -2.20. The molecular formula is C34H40N6O6S. The highest BCUT2D eigenvalue weighted by molar-refractivity contribution is 7.98. The van der Waals surface area contributed by atoms with Gasteiger partial charge in [0.1, 0.15) is 6.04 Å². The molecule has 2 aromatic carbocycles. The zero-order chi connectivity index (χ0) is 33.7. The SMILES string of the molecule is COc1cc2c(c(OC)c1OC)-c1ccc(NC(C)C(=O)NC(CCSC)c3nnc4ccccn34)c(=O)cc1C(NC(C)=O)CC2. The van der Waals surface area contributed by atoms with Crippen LogP contribution in [0, 0.1) is 0 Å². The first-order chi connectivity index (χ1) is 22.7. The molecule has 0 radical (unpaired) electrons. The van der Waals surface area contributed by atoms with E-state index in [0.717, 1.165) is 16.9 Å². The number of aromatic nitrogens is 3. The third-order valence-corrected chi connectivity index (χ3v) is 8.90. The number of nitrogens with one attached hydrogen (secondary N) is 3. The molecular weight excluding hydrogens is 620 g/mol. The van der Waals surface area contributed by atoms with E-state index in [0.29, 0.717) is 59.1 Å². The fourth-order valence-electron chi connectivity index (χ4n) is 6.02. The van der Waals surface area contributed by atoms with Crippen molar-refractivity contribution in [3.8, 4) is 28.4 Å². The summed E-state index contributed by atoms with van der Waals surface area (Å²) >= 11 is 1.68. The lowest BCUT2D eigenvalue weighted by Crippen LogP contribution is -2.41. The first-order valence-corrected chi connectivity index (χ1v) is 16.7. The average molecular weight is 661 g/mol. The van der Waals surface area contributed by atoms with Gasteiger partial charge in [0.25, 0.3) is 0 Å². The van der Waals surface area contributed by atoms with Crippen molar-refractivity contribution >= 4 is 34.9 Å². The third-order valence-electron chi connectivity index (χ3n) is 8.26. The summed E-state index contributed by atoms with van der Waals surface area (Å²) in [6, 6.07) is 10.9. The van der Waals surface area contributed by atoms with Crippen LogP contribution in [0.2, 0.25) is 0 Å². The molecule has 2 aromatic heterocycles. The van der Waals surface area contributed by atoms with Crippen molar-refractivity contribution in [3.05, 3.63) is 75.8 Å². The van der Waals surface area contributed by atoms with Gasteiger partial charge in [0, 0.05) is 18.7 Å². The summed E-state index contributed by atoms with van der Waals surface area (Å²) in [6.45, 7) is 3.16. The number of carbonyl (C=O) groups is 2. The summed E-state index contributed by atoms with van der Waals surface area (Å²) in [7, 11) is 4.65. The second-order valence-electron chi connectivity index (χ2n) is 11.3. The fraction of sp³-hybridized carbons (Fsp3) is 0.382. The number of carbonyl (C=O) groups excluding carboxylic acids is 2. The Morgan fingerprint density at radius 2 is 1.85 bits per heavy atom. The molecule has 0 saturated heterocycles. The normalized spacial score (nSPS) is 15.0. The number of hydrogen-bond acceptors (Lipinski definition) is 10. The van der Waals surface area contributed by atoms with Crippen molar-refractivity contribution in [2.75, 3.05) is 38.7 Å². The number of hydrogen-bond donors (Lipinski definition) is 3. The van der Waals surface area contributed by atoms with Gasteiger partial charge in [-0.3, -0.25) is 18.8 Å². The molecule has 5 rings (SSSR count). The number of anilines is 1. The summed E-state index contributed by atoms with van der Waals surface area (Å²) in [5.74, 6) is 2.33. The molecule has 2 heterocycles. The predicted molar refractivity (Wildman–Crippen MR) is 183 cm³/mol. The number of methoxy groups -OCH3 is 3. The molecule has 1 aliphatic rings. The van der Waals surface area contributed by atoms with E-state index in [1.54, 1.807) is 39.0 Å². The van der Waals surface area contributed by atoms with Crippen molar-refractivity contribution < 1.29 is 23.8 Å². The zero-order valence-electron chi connectivity index (χ0n) is 27.4. The molecule has 4 aromatic rings. The minimum Gasteiger partial charge on any atom is -0.493 e. The van der Waals surface area contributed by atoms with E-state index >= 15 is 0 Å². The number of amides is 2. The zero-order valence-corrected chi connectivity index (χ0v) is 28.2. The number of ether oxygens (including phenoxy) is 3. The molecule has 0 saturated carbocycles. The summed E-state index contributed by atoms with van der Waals surface area (Å²) < 4.78 is 19.0. The Morgan fingerprint density at radius 3 is 2.55 bits per heavy atom.